The van der Waals surface area contributed by atoms with Crippen molar-refractivity contribution in [3.63, 3.8) is 0 Å². The number of halogens is 1. The first kappa shape index (κ1) is 16.1. The zero-order valence-electron chi connectivity index (χ0n) is 12.1. The summed E-state index contributed by atoms with van der Waals surface area (Å²) in [4.78, 5) is 12.1. The molecule has 2 heterocycles. The number of benzene rings is 1. The molecule has 0 radical (unpaired) electrons. The van der Waals surface area contributed by atoms with Crippen molar-refractivity contribution in [3.8, 4) is 5.75 Å². The van der Waals surface area contributed by atoms with Crippen LogP contribution >= 0.6 is 11.3 Å². The van der Waals surface area contributed by atoms with E-state index < -0.39 is 21.8 Å². The lowest BCUT2D eigenvalue weighted by Gasteiger charge is -2.15. The maximum atomic E-state index is 13.6. The van der Waals surface area contributed by atoms with Crippen LogP contribution in [0.25, 0.3) is 0 Å². The predicted molar refractivity (Wildman–Crippen MR) is 83.7 cm³/mol. The summed E-state index contributed by atoms with van der Waals surface area (Å²) in [6, 6.07) is 6.87. The van der Waals surface area contributed by atoms with E-state index in [1.807, 2.05) is 0 Å². The molecule has 1 fully saturated rings. The van der Waals surface area contributed by atoms with Gasteiger partial charge in [-0.1, -0.05) is 12.1 Å². The second kappa shape index (κ2) is 6.38. The van der Waals surface area contributed by atoms with E-state index in [1.165, 1.54) is 40.0 Å². The molecule has 0 spiro atoms. The van der Waals surface area contributed by atoms with Crippen molar-refractivity contribution in [3.05, 3.63) is 46.4 Å². The Bertz CT molecular complexity index is 826. The molecule has 1 aromatic carbocycles. The normalized spacial score (nSPS) is 15.7. The van der Waals surface area contributed by atoms with Gasteiger partial charge in [-0.2, -0.15) is 4.31 Å². The molecule has 1 aliphatic rings. The van der Waals surface area contributed by atoms with Crippen LogP contribution in [0, 0.1) is 5.82 Å². The maximum Gasteiger partial charge on any atom is 0.355 e. The van der Waals surface area contributed by atoms with E-state index in [9.17, 15) is 17.6 Å². The molecule has 8 heteroatoms. The Morgan fingerprint density at radius 3 is 2.57 bits per heavy atom. The number of esters is 1. The van der Waals surface area contributed by atoms with E-state index in [4.69, 9.17) is 4.74 Å². The van der Waals surface area contributed by atoms with Crippen LogP contribution < -0.4 is 4.74 Å². The molecule has 0 amide bonds. The van der Waals surface area contributed by atoms with Gasteiger partial charge in [-0.15, -0.1) is 11.3 Å². The van der Waals surface area contributed by atoms with Gasteiger partial charge in [-0.25, -0.2) is 17.6 Å². The number of ether oxygens (including phenoxy) is 1. The predicted octanol–water partition coefficient (Wildman–Crippen LogP) is 2.89. The van der Waals surface area contributed by atoms with Crippen molar-refractivity contribution in [2.75, 3.05) is 13.1 Å². The number of hydrogen-bond acceptors (Lipinski definition) is 5. The van der Waals surface area contributed by atoms with Gasteiger partial charge < -0.3 is 4.74 Å². The van der Waals surface area contributed by atoms with Crippen LogP contribution in [0.5, 0.6) is 5.75 Å². The lowest BCUT2D eigenvalue weighted by atomic mass is 10.3. The molecule has 3 rings (SSSR count). The molecule has 0 N–H and O–H groups in total. The van der Waals surface area contributed by atoms with Crippen molar-refractivity contribution in [2.24, 2.45) is 0 Å². The summed E-state index contributed by atoms with van der Waals surface area (Å²) >= 11 is 0.966. The van der Waals surface area contributed by atoms with Crippen LogP contribution in [0.15, 0.2) is 40.6 Å². The van der Waals surface area contributed by atoms with Crippen molar-refractivity contribution >= 4 is 27.3 Å². The summed E-state index contributed by atoms with van der Waals surface area (Å²) in [6.45, 7) is 0.889. The summed E-state index contributed by atoms with van der Waals surface area (Å²) in [5.41, 5.74) is 0. The second-order valence-corrected chi connectivity index (χ2v) is 7.87. The van der Waals surface area contributed by atoms with E-state index in [0.29, 0.717) is 13.1 Å². The average molecular weight is 355 g/mol. The summed E-state index contributed by atoms with van der Waals surface area (Å²) in [5.74, 6) is -1.78. The van der Waals surface area contributed by atoms with Gasteiger partial charge in [0.25, 0.3) is 0 Å². The third-order valence-corrected chi connectivity index (χ3v) is 6.50. The first-order valence-corrected chi connectivity index (χ1v) is 9.36. The highest BCUT2D eigenvalue weighted by atomic mass is 32.2. The molecule has 5 nitrogen and oxygen atoms in total. The third-order valence-electron chi connectivity index (χ3n) is 3.54. The first-order chi connectivity index (χ1) is 11.0. The van der Waals surface area contributed by atoms with E-state index >= 15 is 0 Å². The molecule has 1 aromatic heterocycles. The fourth-order valence-electron chi connectivity index (χ4n) is 2.39. The average Bonchev–Trinajstić information content (AvgIpc) is 3.21. The van der Waals surface area contributed by atoms with Crippen LogP contribution in [-0.4, -0.2) is 31.8 Å². The minimum atomic E-state index is -3.72. The SMILES string of the molecule is O=C(Oc1ccccc1F)c1sccc1S(=O)(=O)N1CCCC1. The van der Waals surface area contributed by atoms with E-state index in [2.05, 4.69) is 0 Å². The molecule has 2 aromatic rings. The monoisotopic (exact) mass is 355 g/mol. The molecule has 0 atom stereocenters. The van der Waals surface area contributed by atoms with Crippen LogP contribution in [-0.2, 0) is 10.0 Å². The van der Waals surface area contributed by atoms with Crippen LogP contribution in [0.4, 0.5) is 4.39 Å². The minimum Gasteiger partial charge on any atom is -0.419 e. The standard InChI is InChI=1S/C15H14FNO4S2/c16-11-5-1-2-6-12(11)21-15(18)14-13(7-10-22-14)23(19,20)17-8-3-4-9-17/h1-2,5-7,10H,3-4,8-9H2. The molecule has 0 bridgehead atoms. The molecule has 1 aliphatic heterocycles. The van der Waals surface area contributed by atoms with Gasteiger partial charge in [-0.05, 0) is 36.4 Å². The highest BCUT2D eigenvalue weighted by Gasteiger charge is 2.32. The topological polar surface area (TPSA) is 63.7 Å². The number of carbonyl (C=O) groups is 1. The zero-order chi connectivity index (χ0) is 16.4. The Labute approximate surface area is 137 Å². The van der Waals surface area contributed by atoms with Gasteiger partial charge in [0.1, 0.15) is 9.77 Å². The van der Waals surface area contributed by atoms with Crippen molar-refractivity contribution in [1.82, 2.24) is 4.31 Å². The van der Waals surface area contributed by atoms with Gasteiger partial charge in [0, 0.05) is 13.1 Å². The maximum absolute atomic E-state index is 13.6. The molecule has 122 valence electrons. The van der Waals surface area contributed by atoms with E-state index in [0.717, 1.165) is 24.2 Å². The zero-order valence-corrected chi connectivity index (χ0v) is 13.7. The van der Waals surface area contributed by atoms with Gasteiger partial charge in [-0.3, -0.25) is 0 Å². The van der Waals surface area contributed by atoms with Crippen LogP contribution in [0.1, 0.15) is 22.5 Å². The van der Waals surface area contributed by atoms with Crippen LogP contribution in [0.3, 0.4) is 0 Å². The van der Waals surface area contributed by atoms with Gasteiger partial charge >= 0.3 is 5.97 Å². The number of thiophene rings is 1. The number of para-hydroxylation sites is 1. The molecule has 0 unspecified atom stereocenters. The van der Waals surface area contributed by atoms with Gasteiger partial charge in [0.15, 0.2) is 11.6 Å². The minimum absolute atomic E-state index is 0.0415. The molecule has 23 heavy (non-hydrogen) atoms. The Hall–Kier alpha value is -1.77. The quantitative estimate of drug-likeness (QED) is 0.625. The molecule has 1 saturated heterocycles. The largest absolute Gasteiger partial charge is 0.419 e. The van der Waals surface area contributed by atoms with Crippen molar-refractivity contribution in [1.29, 1.82) is 0 Å². The summed E-state index contributed by atoms with van der Waals surface area (Å²) < 4.78 is 45.1. The Morgan fingerprint density at radius 1 is 1.17 bits per heavy atom. The Kier molecular flexibility index (Phi) is 4.47. The molecule has 0 aliphatic carbocycles. The molecular weight excluding hydrogens is 341 g/mol. The Morgan fingerprint density at radius 2 is 1.87 bits per heavy atom. The summed E-state index contributed by atoms with van der Waals surface area (Å²) in [6.07, 6.45) is 1.61. The molecular formula is C15H14FNO4S2. The first-order valence-electron chi connectivity index (χ1n) is 7.04. The second-order valence-electron chi connectivity index (χ2n) is 5.05. The highest BCUT2D eigenvalue weighted by molar-refractivity contribution is 7.89. The van der Waals surface area contributed by atoms with E-state index in [1.54, 1.807) is 0 Å². The lowest BCUT2D eigenvalue weighted by Crippen LogP contribution is -2.29. The van der Waals surface area contributed by atoms with Crippen LogP contribution in [0.2, 0.25) is 0 Å². The fraction of sp³-hybridized carbons (Fsp3) is 0.267. The number of rotatable bonds is 4. The molecule has 0 saturated carbocycles. The lowest BCUT2D eigenvalue weighted by molar-refractivity contribution is 0.0729. The van der Waals surface area contributed by atoms with Crippen molar-refractivity contribution in [2.45, 2.75) is 17.7 Å². The number of nitrogens with zero attached hydrogens (tertiary/aromatic N) is 1. The van der Waals surface area contributed by atoms with Crippen molar-refractivity contribution < 1.29 is 22.3 Å². The Balaban J connectivity index is 1.89. The number of hydrogen-bond donors (Lipinski definition) is 0. The summed E-state index contributed by atoms with van der Waals surface area (Å²) in [5, 5.41) is 1.51. The van der Waals surface area contributed by atoms with Gasteiger partial charge in [0.2, 0.25) is 10.0 Å². The number of sulfonamides is 1. The highest BCUT2D eigenvalue weighted by Crippen LogP contribution is 2.29. The van der Waals surface area contributed by atoms with Gasteiger partial charge in [0.05, 0.1) is 0 Å². The fourth-order valence-corrected chi connectivity index (χ4v) is 5.17. The smallest absolute Gasteiger partial charge is 0.355 e. The van der Waals surface area contributed by atoms with E-state index in [-0.39, 0.29) is 15.5 Å². The summed E-state index contributed by atoms with van der Waals surface area (Å²) in [7, 11) is -3.72. The number of carbonyl (C=O) groups excluding carboxylic acids is 1. The third kappa shape index (κ3) is 3.15.